The summed E-state index contributed by atoms with van der Waals surface area (Å²) in [4.78, 5) is 24.2. The Bertz CT molecular complexity index is 965. The summed E-state index contributed by atoms with van der Waals surface area (Å²) in [6.07, 6.45) is 1.68. The second-order valence-electron chi connectivity index (χ2n) is 6.03. The van der Waals surface area contributed by atoms with Crippen molar-refractivity contribution in [3.8, 4) is 0 Å². The minimum absolute atomic E-state index is 0.254. The van der Waals surface area contributed by atoms with Crippen LogP contribution in [0.15, 0.2) is 40.3 Å². The first-order chi connectivity index (χ1) is 12.6. The SMILES string of the molecule is CCCNc1nc(S(=O)CCC)nc2c1[nH]c(=O)n2Cc1ccccc1. The molecule has 1 atom stereocenters. The molecule has 138 valence electrons. The van der Waals surface area contributed by atoms with Crippen molar-refractivity contribution in [2.45, 2.75) is 38.4 Å². The number of hydrogen-bond donors (Lipinski definition) is 2. The maximum atomic E-state index is 12.5. The molecular formula is C18H23N5O2S. The van der Waals surface area contributed by atoms with Crippen LogP contribution >= 0.6 is 0 Å². The van der Waals surface area contributed by atoms with Crippen LogP contribution in [0, 0.1) is 0 Å². The van der Waals surface area contributed by atoms with Crippen molar-refractivity contribution in [1.82, 2.24) is 19.5 Å². The van der Waals surface area contributed by atoms with Crippen molar-refractivity contribution < 1.29 is 4.21 Å². The molecule has 7 nitrogen and oxygen atoms in total. The fourth-order valence-corrected chi connectivity index (χ4v) is 3.61. The average molecular weight is 373 g/mol. The Morgan fingerprint density at radius 1 is 1.15 bits per heavy atom. The van der Waals surface area contributed by atoms with Gasteiger partial charge >= 0.3 is 5.69 Å². The smallest absolute Gasteiger partial charge is 0.328 e. The van der Waals surface area contributed by atoms with E-state index in [0.29, 0.717) is 35.8 Å². The molecule has 0 saturated carbocycles. The van der Waals surface area contributed by atoms with E-state index in [-0.39, 0.29) is 10.8 Å². The highest BCUT2D eigenvalue weighted by atomic mass is 32.2. The first kappa shape index (κ1) is 18.3. The van der Waals surface area contributed by atoms with E-state index in [4.69, 9.17) is 0 Å². The first-order valence-corrected chi connectivity index (χ1v) is 10.1. The molecule has 2 heterocycles. The molecule has 0 spiro atoms. The highest BCUT2D eigenvalue weighted by Gasteiger charge is 2.18. The van der Waals surface area contributed by atoms with Crippen molar-refractivity contribution in [1.29, 1.82) is 0 Å². The normalized spacial score (nSPS) is 12.4. The summed E-state index contributed by atoms with van der Waals surface area (Å²) < 4.78 is 14.0. The van der Waals surface area contributed by atoms with Crippen LogP contribution in [0.25, 0.3) is 11.2 Å². The topological polar surface area (TPSA) is 92.7 Å². The van der Waals surface area contributed by atoms with Gasteiger partial charge in [-0.3, -0.25) is 8.78 Å². The number of anilines is 1. The third-order valence-electron chi connectivity index (χ3n) is 3.92. The van der Waals surface area contributed by atoms with Crippen molar-refractivity contribution in [2.75, 3.05) is 17.6 Å². The summed E-state index contributed by atoms with van der Waals surface area (Å²) in [5, 5.41) is 3.47. The van der Waals surface area contributed by atoms with E-state index >= 15 is 0 Å². The molecular weight excluding hydrogens is 350 g/mol. The highest BCUT2D eigenvalue weighted by molar-refractivity contribution is 7.84. The zero-order valence-corrected chi connectivity index (χ0v) is 15.8. The molecule has 0 saturated heterocycles. The second-order valence-corrected chi connectivity index (χ2v) is 7.50. The van der Waals surface area contributed by atoms with E-state index in [2.05, 4.69) is 20.3 Å². The van der Waals surface area contributed by atoms with Crippen LogP contribution in [-0.2, 0) is 17.3 Å². The number of aromatic amines is 1. The lowest BCUT2D eigenvalue weighted by atomic mass is 10.2. The number of aromatic nitrogens is 4. The molecule has 8 heteroatoms. The van der Waals surface area contributed by atoms with Gasteiger partial charge in [-0.25, -0.2) is 14.8 Å². The molecule has 0 radical (unpaired) electrons. The zero-order chi connectivity index (χ0) is 18.5. The summed E-state index contributed by atoms with van der Waals surface area (Å²) in [6.45, 7) is 5.11. The molecule has 26 heavy (non-hydrogen) atoms. The minimum Gasteiger partial charge on any atom is -0.368 e. The molecule has 2 N–H and O–H groups in total. The lowest BCUT2D eigenvalue weighted by Gasteiger charge is -2.09. The molecule has 0 amide bonds. The molecule has 0 aliphatic carbocycles. The Hall–Kier alpha value is -2.48. The van der Waals surface area contributed by atoms with Gasteiger partial charge < -0.3 is 10.3 Å². The lowest BCUT2D eigenvalue weighted by molar-refractivity contribution is 0.674. The van der Waals surface area contributed by atoms with Crippen molar-refractivity contribution in [3.63, 3.8) is 0 Å². The predicted octanol–water partition coefficient (Wildman–Crippen LogP) is 2.51. The standard InChI is InChI=1S/C18H23N5O2S/c1-3-10-19-15-14-16(22-17(21-15)26(25)11-4-2)23(18(24)20-14)12-13-8-6-5-7-9-13/h5-9H,3-4,10-12H2,1-2H3,(H,20,24)(H,19,21,22). The maximum absolute atomic E-state index is 12.5. The summed E-state index contributed by atoms with van der Waals surface area (Å²) in [7, 11) is -1.29. The number of hydrogen-bond acceptors (Lipinski definition) is 5. The monoisotopic (exact) mass is 373 g/mol. The van der Waals surface area contributed by atoms with Crippen LogP contribution in [0.2, 0.25) is 0 Å². The Morgan fingerprint density at radius 3 is 2.62 bits per heavy atom. The Morgan fingerprint density at radius 2 is 1.92 bits per heavy atom. The van der Waals surface area contributed by atoms with Gasteiger partial charge in [-0.05, 0) is 18.4 Å². The summed E-state index contributed by atoms with van der Waals surface area (Å²) in [5.41, 5.74) is 1.77. The third-order valence-corrected chi connectivity index (χ3v) is 5.29. The van der Waals surface area contributed by atoms with E-state index in [1.165, 1.54) is 0 Å². The molecule has 0 aliphatic rings. The number of imidazole rings is 1. The van der Waals surface area contributed by atoms with Crippen LogP contribution in [0.1, 0.15) is 32.3 Å². The van der Waals surface area contributed by atoms with E-state index in [9.17, 15) is 9.00 Å². The van der Waals surface area contributed by atoms with E-state index in [0.717, 1.165) is 18.4 Å². The number of rotatable bonds is 8. The molecule has 0 aliphatic heterocycles. The molecule has 1 aromatic carbocycles. The molecule has 0 fully saturated rings. The minimum atomic E-state index is -1.29. The van der Waals surface area contributed by atoms with Gasteiger partial charge in [0, 0.05) is 12.3 Å². The fraction of sp³-hybridized carbons (Fsp3) is 0.389. The predicted molar refractivity (Wildman–Crippen MR) is 104 cm³/mol. The molecule has 0 bridgehead atoms. The quantitative estimate of drug-likeness (QED) is 0.592. The van der Waals surface area contributed by atoms with Crippen LogP contribution in [-0.4, -0.2) is 36.0 Å². The number of nitrogens with one attached hydrogen (secondary N) is 2. The van der Waals surface area contributed by atoms with E-state index in [1.54, 1.807) is 4.57 Å². The third kappa shape index (κ3) is 3.85. The van der Waals surface area contributed by atoms with Gasteiger partial charge in [-0.1, -0.05) is 44.2 Å². The summed E-state index contributed by atoms with van der Waals surface area (Å²) in [6, 6.07) is 9.71. The van der Waals surface area contributed by atoms with Crippen molar-refractivity contribution >= 4 is 27.8 Å². The van der Waals surface area contributed by atoms with Gasteiger partial charge in [0.15, 0.2) is 11.5 Å². The van der Waals surface area contributed by atoms with Gasteiger partial charge in [0.1, 0.15) is 5.52 Å². The average Bonchev–Trinajstić information content (AvgIpc) is 2.96. The van der Waals surface area contributed by atoms with E-state index < -0.39 is 10.8 Å². The Labute approximate surface area is 154 Å². The maximum Gasteiger partial charge on any atom is 0.328 e. The number of nitrogens with zero attached hydrogens (tertiary/aromatic N) is 3. The second kappa shape index (κ2) is 8.27. The van der Waals surface area contributed by atoms with Gasteiger partial charge in [-0.15, -0.1) is 0 Å². The summed E-state index contributed by atoms with van der Waals surface area (Å²) >= 11 is 0. The molecule has 3 aromatic rings. The molecule has 3 rings (SSSR count). The van der Waals surface area contributed by atoms with Gasteiger partial charge in [0.2, 0.25) is 5.16 Å². The highest BCUT2D eigenvalue weighted by Crippen LogP contribution is 2.20. The van der Waals surface area contributed by atoms with Gasteiger partial charge in [-0.2, -0.15) is 0 Å². The van der Waals surface area contributed by atoms with Gasteiger partial charge in [0.25, 0.3) is 0 Å². The van der Waals surface area contributed by atoms with Crippen molar-refractivity contribution in [3.05, 3.63) is 46.4 Å². The molecule has 1 unspecified atom stereocenters. The fourth-order valence-electron chi connectivity index (χ4n) is 2.67. The van der Waals surface area contributed by atoms with Crippen LogP contribution in [0.3, 0.4) is 0 Å². The van der Waals surface area contributed by atoms with Crippen LogP contribution < -0.4 is 11.0 Å². The zero-order valence-electron chi connectivity index (χ0n) is 15.0. The summed E-state index contributed by atoms with van der Waals surface area (Å²) in [5.74, 6) is 1.02. The van der Waals surface area contributed by atoms with Crippen LogP contribution in [0.5, 0.6) is 0 Å². The number of H-pyrrole nitrogens is 1. The van der Waals surface area contributed by atoms with E-state index in [1.807, 2.05) is 44.2 Å². The lowest BCUT2D eigenvalue weighted by Crippen LogP contribution is -2.18. The van der Waals surface area contributed by atoms with Crippen molar-refractivity contribution in [2.24, 2.45) is 0 Å². The Kier molecular flexibility index (Phi) is 5.82. The Balaban J connectivity index is 2.12. The first-order valence-electron chi connectivity index (χ1n) is 8.80. The number of benzene rings is 1. The van der Waals surface area contributed by atoms with Gasteiger partial charge in [0.05, 0.1) is 17.3 Å². The molecule has 2 aromatic heterocycles. The van der Waals surface area contributed by atoms with Crippen LogP contribution in [0.4, 0.5) is 5.82 Å². The largest absolute Gasteiger partial charge is 0.368 e. The number of fused-ring (bicyclic) bond motifs is 1.